The van der Waals surface area contributed by atoms with E-state index in [9.17, 15) is 4.79 Å². The molecule has 0 saturated carbocycles. The lowest BCUT2D eigenvalue weighted by Gasteiger charge is -2.27. The molecular weight excluding hydrogens is 408 g/mol. The molecule has 1 fully saturated rings. The molecule has 0 spiro atoms. The number of methoxy groups -OCH3 is 1. The van der Waals surface area contributed by atoms with E-state index in [1.165, 1.54) is 6.33 Å². The van der Waals surface area contributed by atoms with Crippen LogP contribution >= 0.6 is 0 Å². The van der Waals surface area contributed by atoms with Crippen LogP contribution in [0.15, 0.2) is 70.1 Å². The Morgan fingerprint density at radius 2 is 1.88 bits per heavy atom. The number of morpholine rings is 1. The zero-order valence-electron chi connectivity index (χ0n) is 17.6. The Balaban J connectivity index is 1.43. The summed E-state index contributed by atoms with van der Waals surface area (Å²) in [5.41, 5.74) is 3.10. The maximum atomic E-state index is 12.6. The second-order valence-corrected chi connectivity index (χ2v) is 7.38. The molecule has 8 heteroatoms. The van der Waals surface area contributed by atoms with Crippen LogP contribution in [0.3, 0.4) is 0 Å². The first-order valence-corrected chi connectivity index (χ1v) is 10.3. The third-order valence-electron chi connectivity index (χ3n) is 5.39. The van der Waals surface area contributed by atoms with Crippen molar-refractivity contribution >= 4 is 28.2 Å². The largest absolute Gasteiger partial charge is 0.496 e. The van der Waals surface area contributed by atoms with E-state index in [-0.39, 0.29) is 5.63 Å². The molecule has 32 heavy (non-hydrogen) atoms. The van der Waals surface area contributed by atoms with Crippen molar-refractivity contribution in [2.45, 2.75) is 0 Å². The number of hydrogen-bond donors (Lipinski definition) is 1. The van der Waals surface area contributed by atoms with Gasteiger partial charge in [0.05, 0.1) is 26.0 Å². The van der Waals surface area contributed by atoms with Crippen molar-refractivity contribution in [2.75, 3.05) is 43.6 Å². The highest BCUT2D eigenvalue weighted by atomic mass is 16.5. The zero-order valence-corrected chi connectivity index (χ0v) is 17.6. The fourth-order valence-corrected chi connectivity index (χ4v) is 3.78. The van der Waals surface area contributed by atoms with Gasteiger partial charge < -0.3 is 24.1 Å². The van der Waals surface area contributed by atoms with Gasteiger partial charge in [-0.3, -0.25) is 0 Å². The monoisotopic (exact) mass is 430 g/mol. The van der Waals surface area contributed by atoms with E-state index in [4.69, 9.17) is 13.9 Å². The van der Waals surface area contributed by atoms with Gasteiger partial charge in [-0.25, -0.2) is 14.8 Å². The molecule has 0 unspecified atom stereocenters. The lowest BCUT2D eigenvalue weighted by Crippen LogP contribution is -2.38. The summed E-state index contributed by atoms with van der Waals surface area (Å²) in [5, 5.41) is 4.12. The van der Waals surface area contributed by atoms with Gasteiger partial charge >= 0.3 is 5.63 Å². The minimum absolute atomic E-state index is 0.350. The molecule has 5 rings (SSSR count). The molecule has 3 heterocycles. The average molecular weight is 430 g/mol. The van der Waals surface area contributed by atoms with E-state index >= 15 is 0 Å². The summed E-state index contributed by atoms with van der Waals surface area (Å²) in [4.78, 5) is 23.2. The van der Waals surface area contributed by atoms with E-state index in [0.29, 0.717) is 43.4 Å². The smallest absolute Gasteiger partial charge is 0.360 e. The number of fused-ring (bicyclic) bond motifs is 1. The highest BCUT2D eigenvalue weighted by Crippen LogP contribution is 2.30. The molecule has 8 nitrogen and oxygen atoms in total. The zero-order chi connectivity index (χ0) is 21.9. The molecule has 1 aliphatic heterocycles. The van der Waals surface area contributed by atoms with Crippen LogP contribution in [0.25, 0.3) is 22.2 Å². The minimum atomic E-state index is -0.350. The van der Waals surface area contributed by atoms with Gasteiger partial charge in [0, 0.05) is 41.9 Å². The van der Waals surface area contributed by atoms with Gasteiger partial charge in [-0.1, -0.05) is 12.1 Å². The number of aromatic nitrogens is 2. The van der Waals surface area contributed by atoms with Gasteiger partial charge in [0.25, 0.3) is 0 Å². The number of hydrogen-bond acceptors (Lipinski definition) is 8. The molecule has 0 radical (unpaired) electrons. The van der Waals surface area contributed by atoms with Crippen LogP contribution in [0.2, 0.25) is 0 Å². The van der Waals surface area contributed by atoms with Gasteiger partial charge in [-0.15, -0.1) is 0 Å². The number of anilines is 3. The third kappa shape index (κ3) is 4.00. The first-order valence-electron chi connectivity index (χ1n) is 10.3. The van der Waals surface area contributed by atoms with Gasteiger partial charge in [0.2, 0.25) is 0 Å². The first-order chi connectivity index (χ1) is 15.7. The number of rotatable bonds is 5. The summed E-state index contributed by atoms with van der Waals surface area (Å²) >= 11 is 0. The Hall–Kier alpha value is -3.91. The molecule has 2 aromatic heterocycles. The third-order valence-corrected chi connectivity index (χ3v) is 5.39. The van der Waals surface area contributed by atoms with Crippen LogP contribution < -0.4 is 20.6 Å². The lowest BCUT2D eigenvalue weighted by molar-refractivity contribution is 0.122. The van der Waals surface area contributed by atoms with Gasteiger partial charge in [0.1, 0.15) is 29.2 Å². The molecule has 1 N–H and O–H groups in total. The molecular formula is C24H22N4O4. The molecule has 1 aliphatic rings. The van der Waals surface area contributed by atoms with Gasteiger partial charge in [-0.2, -0.15) is 0 Å². The second-order valence-electron chi connectivity index (χ2n) is 7.38. The number of ether oxygens (including phenoxy) is 2. The minimum Gasteiger partial charge on any atom is -0.496 e. The van der Waals surface area contributed by atoms with Crippen LogP contribution in [-0.2, 0) is 4.74 Å². The van der Waals surface area contributed by atoms with Crippen LogP contribution in [0.4, 0.5) is 17.2 Å². The maximum Gasteiger partial charge on any atom is 0.360 e. The average Bonchev–Trinajstić information content (AvgIpc) is 2.84. The first kappa shape index (κ1) is 20.0. The lowest BCUT2D eigenvalue weighted by atomic mass is 10.1. The standard InChI is InChI=1S/C24H22N4O4/c1-30-21-5-3-2-4-18(21)19-14-23(26-15-25-19)27-17-7-6-16-12-20(24(29)32-22(16)13-17)28-8-10-31-11-9-28/h2-7,12-15H,8-11H2,1H3,(H,25,26,27). The quantitative estimate of drug-likeness (QED) is 0.478. The van der Waals surface area contributed by atoms with Crippen LogP contribution in [0, 0.1) is 0 Å². The van der Waals surface area contributed by atoms with Gasteiger partial charge in [-0.05, 0) is 30.3 Å². The number of para-hydroxylation sites is 1. The normalized spacial score (nSPS) is 13.8. The Morgan fingerprint density at radius 1 is 1.03 bits per heavy atom. The predicted octanol–water partition coefficient (Wildman–Crippen LogP) is 3.84. The van der Waals surface area contributed by atoms with E-state index in [0.717, 1.165) is 28.1 Å². The van der Waals surface area contributed by atoms with E-state index in [1.807, 2.05) is 53.4 Å². The van der Waals surface area contributed by atoms with E-state index in [1.54, 1.807) is 13.2 Å². The highest BCUT2D eigenvalue weighted by Gasteiger charge is 2.16. The Bertz CT molecular complexity index is 1310. The number of nitrogens with zero attached hydrogens (tertiary/aromatic N) is 3. The fraction of sp³-hybridized carbons (Fsp3) is 0.208. The SMILES string of the molecule is COc1ccccc1-c1cc(Nc2ccc3cc(N4CCOCC4)c(=O)oc3c2)ncn1. The molecule has 0 atom stereocenters. The topological polar surface area (TPSA) is 89.7 Å². The van der Waals surface area contributed by atoms with Crippen molar-refractivity contribution in [3.05, 3.63) is 71.3 Å². The van der Waals surface area contributed by atoms with Crippen molar-refractivity contribution in [1.82, 2.24) is 9.97 Å². The summed E-state index contributed by atoms with van der Waals surface area (Å²) in [5.74, 6) is 1.35. The molecule has 162 valence electrons. The summed E-state index contributed by atoms with van der Waals surface area (Å²) in [6, 6.07) is 17.1. The van der Waals surface area contributed by atoms with Crippen molar-refractivity contribution in [3.63, 3.8) is 0 Å². The molecule has 0 amide bonds. The Kier molecular flexibility index (Phi) is 5.43. The summed E-state index contributed by atoms with van der Waals surface area (Å²) in [6.45, 7) is 2.57. The summed E-state index contributed by atoms with van der Waals surface area (Å²) in [7, 11) is 1.63. The Labute approximate surface area is 184 Å². The number of nitrogens with one attached hydrogen (secondary N) is 1. The molecule has 1 saturated heterocycles. The second kappa shape index (κ2) is 8.68. The van der Waals surface area contributed by atoms with Crippen LogP contribution in [0.5, 0.6) is 5.75 Å². The predicted molar refractivity (Wildman–Crippen MR) is 123 cm³/mol. The summed E-state index contributed by atoms with van der Waals surface area (Å²) in [6.07, 6.45) is 1.50. The number of benzene rings is 2. The Morgan fingerprint density at radius 3 is 2.72 bits per heavy atom. The van der Waals surface area contributed by atoms with Crippen molar-refractivity contribution in [2.24, 2.45) is 0 Å². The van der Waals surface area contributed by atoms with Crippen LogP contribution in [0.1, 0.15) is 0 Å². The molecule has 0 aliphatic carbocycles. The van der Waals surface area contributed by atoms with Crippen LogP contribution in [-0.4, -0.2) is 43.4 Å². The van der Waals surface area contributed by atoms with Crippen molar-refractivity contribution < 1.29 is 13.9 Å². The van der Waals surface area contributed by atoms with Crippen molar-refractivity contribution in [1.29, 1.82) is 0 Å². The molecule has 4 aromatic rings. The maximum absolute atomic E-state index is 12.6. The highest BCUT2D eigenvalue weighted by molar-refractivity contribution is 5.84. The molecule has 2 aromatic carbocycles. The van der Waals surface area contributed by atoms with E-state index < -0.39 is 0 Å². The molecule has 0 bridgehead atoms. The fourth-order valence-electron chi connectivity index (χ4n) is 3.78. The van der Waals surface area contributed by atoms with E-state index in [2.05, 4.69) is 15.3 Å². The van der Waals surface area contributed by atoms with Crippen molar-refractivity contribution in [3.8, 4) is 17.0 Å². The summed E-state index contributed by atoms with van der Waals surface area (Å²) < 4.78 is 16.4. The van der Waals surface area contributed by atoms with Gasteiger partial charge in [0.15, 0.2) is 0 Å².